The minimum Gasteiger partial charge on any atom is -0.339 e. The number of nitrogens with one attached hydrogen (secondary N) is 2. The third kappa shape index (κ3) is 4.49. The Labute approximate surface area is 181 Å². The van der Waals surface area contributed by atoms with Gasteiger partial charge in [0.1, 0.15) is 5.82 Å². The van der Waals surface area contributed by atoms with Crippen LogP contribution < -0.4 is 10.6 Å². The van der Waals surface area contributed by atoms with E-state index in [1.54, 1.807) is 12.1 Å². The predicted octanol–water partition coefficient (Wildman–Crippen LogP) is 6.46. The van der Waals surface area contributed by atoms with Crippen molar-refractivity contribution in [3.05, 3.63) is 69.9 Å². The van der Waals surface area contributed by atoms with Crippen LogP contribution in [0.25, 0.3) is 0 Å². The summed E-state index contributed by atoms with van der Waals surface area (Å²) < 4.78 is 39.1. The molecule has 0 unspecified atom stereocenters. The second-order valence-corrected chi connectivity index (χ2v) is 7.64. The molecule has 1 aliphatic carbocycles. The number of aromatic nitrogens is 2. The van der Waals surface area contributed by atoms with Crippen LogP contribution in [0.2, 0.25) is 5.02 Å². The summed E-state index contributed by atoms with van der Waals surface area (Å²) in [5.41, 5.74) is 1.84. The van der Waals surface area contributed by atoms with Gasteiger partial charge in [-0.1, -0.05) is 23.7 Å². The molecule has 0 saturated heterocycles. The van der Waals surface area contributed by atoms with Gasteiger partial charge in [0.15, 0.2) is 5.78 Å². The number of fused-ring (bicyclic) bond motifs is 1. The molecule has 5 nitrogen and oxygen atoms in total. The number of hydrogen-bond donors (Lipinski definition) is 2. The molecular formula is C22H18ClF3N4O. The molecule has 1 aromatic heterocycles. The summed E-state index contributed by atoms with van der Waals surface area (Å²) in [7, 11) is 0. The van der Waals surface area contributed by atoms with Crippen molar-refractivity contribution in [1.82, 2.24) is 9.97 Å². The van der Waals surface area contributed by atoms with Crippen molar-refractivity contribution in [2.75, 3.05) is 10.6 Å². The van der Waals surface area contributed by atoms with Crippen molar-refractivity contribution in [3.63, 3.8) is 0 Å². The fourth-order valence-electron chi connectivity index (χ4n) is 3.44. The molecule has 0 amide bonds. The number of halogens is 4. The van der Waals surface area contributed by atoms with Crippen molar-refractivity contribution < 1.29 is 18.0 Å². The molecular weight excluding hydrogens is 429 g/mol. The predicted molar refractivity (Wildman–Crippen MR) is 113 cm³/mol. The molecule has 1 aliphatic rings. The van der Waals surface area contributed by atoms with Crippen LogP contribution in [-0.2, 0) is 12.6 Å². The van der Waals surface area contributed by atoms with Crippen molar-refractivity contribution in [2.45, 2.75) is 32.4 Å². The van der Waals surface area contributed by atoms with Gasteiger partial charge in [-0.25, -0.2) is 4.98 Å². The highest BCUT2D eigenvalue weighted by Gasteiger charge is 2.30. The van der Waals surface area contributed by atoms with Gasteiger partial charge in [-0.05, 0) is 55.7 Å². The van der Waals surface area contributed by atoms with Crippen LogP contribution >= 0.6 is 11.6 Å². The van der Waals surface area contributed by atoms with Crippen molar-refractivity contribution >= 4 is 40.5 Å². The zero-order chi connectivity index (χ0) is 22.2. The molecule has 31 heavy (non-hydrogen) atoms. The van der Waals surface area contributed by atoms with E-state index in [9.17, 15) is 18.0 Å². The van der Waals surface area contributed by atoms with Crippen LogP contribution in [0.3, 0.4) is 0 Å². The number of aryl methyl sites for hydroxylation is 1. The summed E-state index contributed by atoms with van der Waals surface area (Å²) in [6.45, 7) is 1.84. The molecule has 0 spiro atoms. The maximum absolute atomic E-state index is 13.0. The minimum absolute atomic E-state index is 0.0750. The standard InChI is InChI=1S/C22H18ClF3N4O/c1-12-15(23)7-3-8-16(12)28-20-19-17(9-4-10-18(19)31)29-21(30-20)27-14-6-2-5-13(11-14)22(24,25)26/h2-3,5-8,11H,4,9-10H2,1H3,(H2,27,28,29,30). The Morgan fingerprint density at radius 2 is 1.81 bits per heavy atom. The van der Waals surface area contributed by atoms with Crippen LogP contribution in [0.15, 0.2) is 42.5 Å². The zero-order valence-electron chi connectivity index (χ0n) is 16.5. The van der Waals surface area contributed by atoms with Crippen LogP contribution in [0.5, 0.6) is 0 Å². The number of ketones is 1. The number of alkyl halides is 3. The highest BCUT2D eigenvalue weighted by Crippen LogP contribution is 2.34. The lowest BCUT2D eigenvalue weighted by molar-refractivity contribution is -0.137. The first-order valence-electron chi connectivity index (χ1n) is 9.63. The average Bonchev–Trinajstić information content (AvgIpc) is 2.71. The zero-order valence-corrected chi connectivity index (χ0v) is 17.2. The van der Waals surface area contributed by atoms with E-state index in [0.29, 0.717) is 47.0 Å². The van der Waals surface area contributed by atoms with E-state index in [1.165, 1.54) is 12.1 Å². The normalized spacial score (nSPS) is 13.6. The molecule has 2 aromatic carbocycles. The summed E-state index contributed by atoms with van der Waals surface area (Å²) >= 11 is 6.20. The van der Waals surface area contributed by atoms with Crippen molar-refractivity contribution in [1.29, 1.82) is 0 Å². The van der Waals surface area contributed by atoms with E-state index in [1.807, 2.05) is 13.0 Å². The van der Waals surface area contributed by atoms with Gasteiger partial charge in [-0.3, -0.25) is 4.79 Å². The third-order valence-corrected chi connectivity index (χ3v) is 5.46. The van der Waals surface area contributed by atoms with Gasteiger partial charge in [0.25, 0.3) is 0 Å². The molecule has 160 valence electrons. The number of carbonyl (C=O) groups is 1. The molecule has 0 aliphatic heterocycles. The fraction of sp³-hybridized carbons (Fsp3) is 0.227. The van der Waals surface area contributed by atoms with E-state index in [0.717, 1.165) is 17.7 Å². The van der Waals surface area contributed by atoms with Crippen LogP contribution in [0, 0.1) is 6.92 Å². The van der Waals surface area contributed by atoms with Crippen molar-refractivity contribution in [2.24, 2.45) is 0 Å². The lowest BCUT2D eigenvalue weighted by Crippen LogP contribution is -2.18. The number of carbonyl (C=O) groups excluding carboxylic acids is 1. The summed E-state index contributed by atoms with van der Waals surface area (Å²) in [6, 6.07) is 10.1. The Bertz CT molecular complexity index is 1160. The fourth-order valence-corrected chi connectivity index (χ4v) is 3.62. The SMILES string of the molecule is Cc1c(Cl)cccc1Nc1nc(Nc2cccc(C(F)(F)F)c2)nc2c1C(=O)CCC2. The first-order chi connectivity index (χ1) is 14.7. The monoisotopic (exact) mass is 446 g/mol. The maximum atomic E-state index is 13.0. The van der Waals surface area contributed by atoms with Crippen LogP contribution in [-0.4, -0.2) is 15.8 Å². The van der Waals surface area contributed by atoms with E-state index in [-0.39, 0.29) is 17.4 Å². The van der Waals surface area contributed by atoms with Gasteiger partial charge in [0.2, 0.25) is 5.95 Å². The number of rotatable bonds is 4. The Morgan fingerprint density at radius 3 is 2.58 bits per heavy atom. The smallest absolute Gasteiger partial charge is 0.339 e. The summed E-state index contributed by atoms with van der Waals surface area (Å²) in [5, 5.41) is 6.55. The number of benzene rings is 2. The summed E-state index contributed by atoms with van der Waals surface area (Å²) in [5.74, 6) is 0.332. The number of hydrogen-bond acceptors (Lipinski definition) is 5. The molecule has 3 aromatic rings. The van der Waals surface area contributed by atoms with E-state index >= 15 is 0 Å². The molecule has 4 rings (SSSR count). The minimum atomic E-state index is -4.46. The third-order valence-electron chi connectivity index (χ3n) is 5.05. The Balaban J connectivity index is 1.74. The molecule has 0 atom stereocenters. The Kier molecular flexibility index (Phi) is 5.58. The largest absolute Gasteiger partial charge is 0.416 e. The molecule has 0 saturated carbocycles. The molecule has 0 radical (unpaired) electrons. The second kappa shape index (κ2) is 8.19. The molecule has 9 heteroatoms. The first kappa shape index (κ1) is 21.1. The van der Waals surface area contributed by atoms with Gasteiger partial charge < -0.3 is 10.6 Å². The molecule has 0 fully saturated rings. The van der Waals surface area contributed by atoms with Gasteiger partial charge >= 0.3 is 6.18 Å². The lowest BCUT2D eigenvalue weighted by Gasteiger charge is -2.20. The average molecular weight is 447 g/mol. The quantitative estimate of drug-likeness (QED) is 0.481. The highest BCUT2D eigenvalue weighted by atomic mass is 35.5. The highest BCUT2D eigenvalue weighted by molar-refractivity contribution is 6.31. The number of anilines is 4. The molecule has 1 heterocycles. The maximum Gasteiger partial charge on any atom is 0.416 e. The Morgan fingerprint density at radius 1 is 1.03 bits per heavy atom. The van der Waals surface area contributed by atoms with E-state index < -0.39 is 11.7 Å². The summed E-state index contributed by atoms with van der Waals surface area (Å²) in [6.07, 6.45) is -2.84. The van der Waals surface area contributed by atoms with Crippen LogP contribution in [0.4, 0.5) is 36.3 Å². The van der Waals surface area contributed by atoms with Gasteiger partial charge in [-0.2, -0.15) is 18.2 Å². The molecule has 0 bridgehead atoms. The number of nitrogens with zero attached hydrogens (tertiary/aromatic N) is 2. The van der Waals surface area contributed by atoms with Crippen molar-refractivity contribution in [3.8, 4) is 0 Å². The van der Waals surface area contributed by atoms with Gasteiger partial charge in [0, 0.05) is 22.8 Å². The number of Topliss-reactive ketones (excluding diaryl/α,β-unsaturated/α-hetero) is 1. The van der Waals surface area contributed by atoms with Gasteiger partial charge in [0.05, 0.1) is 16.8 Å². The van der Waals surface area contributed by atoms with Gasteiger partial charge in [-0.15, -0.1) is 0 Å². The van der Waals surface area contributed by atoms with E-state index in [4.69, 9.17) is 11.6 Å². The topological polar surface area (TPSA) is 66.9 Å². The van der Waals surface area contributed by atoms with Crippen LogP contribution in [0.1, 0.15) is 40.0 Å². The first-order valence-corrected chi connectivity index (χ1v) is 10.0. The molecule has 2 N–H and O–H groups in total. The Hall–Kier alpha value is -3.13. The van der Waals surface area contributed by atoms with E-state index in [2.05, 4.69) is 20.6 Å². The summed E-state index contributed by atoms with van der Waals surface area (Å²) in [4.78, 5) is 21.4. The second-order valence-electron chi connectivity index (χ2n) is 7.24. The lowest BCUT2D eigenvalue weighted by atomic mass is 9.95.